The Hall–Kier alpha value is -1.94. The molecule has 0 aliphatic heterocycles. The van der Waals surface area contributed by atoms with Crippen LogP contribution in [0.3, 0.4) is 0 Å². The summed E-state index contributed by atoms with van der Waals surface area (Å²) >= 11 is 4.59. The molecule has 0 spiro atoms. The molecule has 0 aromatic heterocycles. The first kappa shape index (κ1) is 20.4. The standard InChI is InChI=1S/C22H29NO2S/c1-21(2,3)18-13-16(14-19(20(18)24)22(4,5)6)8-7-15-9-11-17(12-10-15)23(25)26/h9-14,24H,7-8H2,1-6H3. The second-order valence-corrected chi connectivity index (χ2v) is 9.29. The zero-order valence-electron chi connectivity index (χ0n) is 16.6. The van der Waals surface area contributed by atoms with Crippen LogP contribution in [0.5, 0.6) is 5.75 Å². The molecule has 0 bridgehead atoms. The SMILES string of the molecule is CC(C)(C)c1cc(CCc2ccc([N+](=O)[S-])cc2)cc(C(C)(C)C)c1O. The van der Waals surface area contributed by atoms with Gasteiger partial charge in [-0.3, -0.25) is 0 Å². The molecular formula is C22H29NO2S. The summed E-state index contributed by atoms with van der Waals surface area (Å²) < 4.78 is 0.453. The lowest BCUT2D eigenvalue weighted by Crippen LogP contribution is -2.18. The molecule has 2 aromatic carbocycles. The smallest absolute Gasteiger partial charge is 0.237 e. The molecule has 0 amide bonds. The first-order chi connectivity index (χ1) is 11.9. The van der Waals surface area contributed by atoms with E-state index in [0.29, 0.717) is 15.6 Å². The zero-order valence-corrected chi connectivity index (χ0v) is 17.4. The zero-order chi connectivity index (χ0) is 19.7. The predicted molar refractivity (Wildman–Crippen MR) is 110 cm³/mol. The van der Waals surface area contributed by atoms with E-state index >= 15 is 0 Å². The summed E-state index contributed by atoms with van der Waals surface area (Å²) in [5.74, 6) is 0.416. The van der Waals surface area contributed by atoms with E-state index in [1.165, 1.54) is 5.56 Å². The first-order valence-electron chi connectivity index (χ1n) is 9.00. The topological polar surface area (TPSA) is 40.3 Å². The Morgan fingerprint density at radius 1 is 0.846 bits per heavy atom. The van der Waals surface area contributed by atoms with Crippen LogP contribution in [0.1, 0.15) is 63.8 Å². The largest absolute Gasteiger partial charge is 0.507 e. The van der Waals surface area contributed by atoms with Crippen molar-refractivity contribution < 1.29 is 9.27 Å². The van der Waals surface area contributed by atoms with E-state index < -0.39 is 0 Å². The Morgan fingerprint density at radius 2 is 1.27 bits per heavy atom. The molecule has 2 aromatic rings. The van der Waals surface area contributed by atoms with Crippen molar-refractivity contribution in [3.63, 3.8) is 0 Å². The molecular weight excluding hydrogens is 342 g/mol. The van der Waals surface area contributed by atoms with E-state index in [1.807, 2.05) is 12.1 Å². The van der Waals surface area contributed by atoms with Crippen molar-refractivity contribution in [2.24, 2.45) is 0 Å². The van der Waals surface area contributed by atoms with Gasteiger partial charge in [-0.2, -0.15) is 0 Å². The van der Waals surface area contributed by atoms with E-state index in [4.69, 9.17) is 0 Å². The van der Waals surface area contributed by atoms with Crippen LogP contribution in [0.2, 0.25) is 0 Å². The molecule has 0 aliphatic rings. The Balaban J connectivity index is 2.32. The van der Waals surface area contributed by atoms with E-state index in [9.17, 15) is 10.0 Å². The molecule has 3 nitrogen and oxygen atoms in total. The Morgan fingerprint density at radius 3 is 1.65 bits per heavy atom. The quantitative estimate of drug-likeness (QED) is 0.558. The summed E-state index contributed by atoms with van der Waals surface area (Å²) in [6, 6.07) is 11.7. The summed E-state index contributed by atoms with van der Waals surface area (Å²) in [6.07, 6.45) is 1.75. The number of nitrogens with zero attached hydrogens (tertiary/aromatic N) is 1. The number of hydrogen-bond donors (Lipinski definition) is 1. The summed E-state index contributed by atoms with van der Waals surface area (Å²) in [5.41, 5.74) is 4.60. The van der Waals surface area contributed by atoms with Crippen molar-refractivity contribution in [1.29, 1.82) is 0 Å². The Kier molecular flexibility index (Phi) is 5.76. The minimum Gasteiger partial charge on any atom is -0.507 e. The third kappa shape index (κ3) is 4.82. The lowest BCUT2D eigenvalue weighted by Gasteiger charge is -2.28. The van der Waals surface area contributed by atoms with Crippen molar-refractivity contribution in [2.45, 2.75) is 65.2 Å². The van der Waals surface area contributed by atoms with Gasteiger partial charge in [0, 0.05) is 17.0 Å². The summed E-state index contributed by atoms with van der Waals surface area (Å²) in [4.78, 5) is 11.1. The molecule has 140 valence electrons. The minimum absolute atomic E-state index is 0.122. The molecule has 0 atom stereocenters. The van der Waals surface area contributed by atoms with Crippen molar-refractivity contribution in [3.8, 4) is 5.75 Å². The van der Waals surface area contributed by atoms with Crippen LogP contribution in [-0.2, 0) is 36.5 Å². The van der Waals surface area contributed by atoms with Gasteiger partial charge in [-0.1, -0.05) is 70.0 Å². The van der Waals surface area contributed by atoms with Gasteiger partial charge in [-0.05, 0) is 45.9 Å². The van der Waals surface area contributed by atoms with Gasteiger partial charge < -0.3 is 17.9 Å². The second-order valence-electron chi connectivity index (χ2n) is 8.96. The van der Waals surface area contributed by atoms with Crippen molar-refractivity contribution in [3.05, 3.63) is 63.6 Å². The molecule has 0 heterocycles. The van der Waals surface area contributed by atoms with Gasteiger partial charge >= 0.3 is 0 Å². The molecule has 4 heteroatoms. The third-order valence-corrected chi connectivity index (χ3v) is 4.85. The van der Waals surface area contributed by atoms with Crippen LogP contribution in [0.15, 0.2) is 36.4 Å². The fourth-order valence-electron chi connectivity index (χ4n) is 3.06. The second kappa shape index (κ2) is 7.36. The lowest BCUT2D eigenvalue weighted by molar-refractivity contribution is -0.262. The van der Waals surface area contributed by atoms with Gasteiger partial charge in [0.2, 0.25) is 5.69 Å². The van der Waals surface area contributed by atoms with Gasteiger partial charge in [0.15, 0.2) is 0 Å². The fourth-order valence-corrected chi connectivity index (χ4v) is 3.18. The van der Waals surface area contributed by atoms with Crippen LogP contribution >= 0.6 is 0 Å². The molecule has 0 radical (unpaired) electrons. The minimum atomic E-state index is -0.122. The highest BCUT2D eigenvalue weighted by Gasteiger charge is 2.26. The maximum absolute atomic E-state index is 11.1. The number of phenols is 1. The lowest BCUT2D eigenvalue weighted by atomic mass is 9.78. The molecule has 0 saturated heterocycles. The molecule has 1 N–H and O–H groups in total. The number of benzene rings is 2. The summed E-state index contributed by atoms with van der Waals surface area (Å²) in [5, 5.41) is 10.8. The highest BCUT2D eigenvalue weighted by Crippen LogP contribution is 2.40. The number of aryl methyl sites for hydroxylation is 2. The maximum atomic E-state index is 11.1. The van der Waals surface area contributed by atoms with Crippen molar-refractivity contribution >= 4 is 18.5 Å². The normalized spacial score (nSPS) is 12.2. The first-order valence-corrected chi connectivity index (χ1v) is 9.36. The van der Waals surface area contributed by atoms with Gasteiger partial charge in [-0.15, -0.1) is 0 Å². The highest BCUT2D eigenvalue weighted by molar-refractivity contribution is 7.51. The fraction of sp³-hybridized carbons (Fsp3) is 0.455. The number of phenolic OH excluding ortho intramolecular Hbond substituents is 1. The summed E-state index contributed by atoms with van der Waals surface area (Å²) in [7, 11) is 0. The van der Waals surface area contributed by atoms with Crippen molar-refractivity contribution in [2.75, 3.05) is 0 Å². The predicted octanol–water partition coefficient (Wildman–Crippen LogP) is 5.64. The van der Waals surface area contributed by atoms with E-state index in [-0.39, 0.29) is 10.8 Å². The van der Waals surface area contributed by atoms with Gasteiger partial charge in [-0.25, -0.2) is 0 Å². The Labute approximate surface area is 162 Å². The van der Waals surface area contributed by atoms with Crippen LogP contribution < -0.4 is 0 Å². The van der Waals surface area contributed by atoms with E-state index in [1.54, 1.807) is 12.1 Å². The molecule has 0 aliphatic carbocycles. The summed E-state index contributed by atoms with van der Waals surface area (Å²) in [6.45, 7) is 12.8. The molecule has 26 heavy (non-hydrogen) atoms. The van der Waals surface area contributed by atoms with Crippen molar-refractivity contribution in [1.82, 2.24) is 0 Å². The molecule has 0 fully saturated rings. The van der Waals surface area contributed by atoms with Gasteiger partial charge in [0.05, 0.1) is 0 Å². The number of aromatic hydroxyl groups is 1. The maximum Gasteiger partial charge on any atom is 0.237 e. The number of hydrogen-bond acceptors (Lipinski definition) is 3. The third-order valence-electron chi connectivity index (χ3n) is 4.64. The molecule has 0 unspecified atom stereocenters. The number of nitroso groups, excluding NO2 is 1. The average molecular weight is 372 g/mol. The van der Waals surface area contributed by atoms with Gasteiger partial charge in [0.25, 0.3) is 0 Å². The monoisotopic (exact) mass is 371 g/mol. The van der Waals surface area contributed by atoms with E-state index in [2.05, 4.69) is 66.5 Å². The van der Waals surface area contributed by atoms with Crippen LogP contribution in [-0.4, -0.2) is 9.27 Å². The molecule has 0 saturated carbocycles. The van der Waals surface area contributed by atoms with Gasteiger partial charge in [0.1, 0.15) is 5.75 Å². The average Bonchev–Trinajstić information content (AvgIpc) is 2.52. The van der Waals surface area contributed by atoms with Crippen LogP contribution in [0, 0.1) is 4.91 Å². The Bertz CT molecular complexity index is 761. The van der Waals surface area contributed by atoms with Crippen LogP contribution in [0.4, 0.5) is 5.69 Å². The van der Waals surface area contributed by atoms with E-state index in [0.717, 1.165) is 29.5 Å². The molecule has 2 rings (SSSR count). The number of rotatable bonds is 4. The van der Waals surface area contributed by atoms with Crippen LogP contribution in [0.25, 0.3) is 0 Å². The highest BCUT2D eigenvalue weighted by atomic mass is 32.1.